The quantitative estimate of drug-likeness (QED) is 0.298. The van der Waals surface area contributed by atoms with Gasteiger partial charge in [0.15, 0.2) is 0 Å². The van der Waals surface area contributed by atoms with Crippen molar-refractivity contribution in [2.75, 3.05) is 0 Å². The van der Waals surface area contributed by atoms with Crippen LogP contribution in [0, 0.1) is 36.5 Å². The maximum atomic E-state index is 3.88. The predicted octanol–water partition coefficient (Wildman–Crippen LogP) is 9.22. The van der Waals surface area contributed by atoms with Crippen molar-refractivity contribution in [2.45, 2.75) is 89.9 Å². The molecule has 33 heavy (non-hydrogen) atoms. The minimum absolute atomic E-state index is 0.751. The predicted molar refractivity (Wildman–Crippen MR) is 142 cm³/mol. The topological polar surface area (TPSA) is 0 Å². The van der Waals surface area contributed by atoms with Gasteiger partial charge in [-0.15, -0.1) is 6.58 Å². The summed E-state index contributed by atoms with van der Waals surface area (Å²) in [5.41, 5.74) is 5.00. The molecule has 0 aliphatic heterocycles. The van der Waals surface area contributed by atoms with Gasteiger partial charge < -0.3 is 0 Å². The molecule has 0 nitrogen and oxygen atoms in total. The van der Waals surface area contributed by atoms with E-state index in [0.29, 0.717) is 0 Å². The molecule has 0 amide bonds. The summed E-state index contributed by atoms with van der Waals surface area (Å²) < 4.78 is 0. The van der Waals surface area contributed by atoms with Gasteiger partial charge >= 0.3 is 0 Å². The van der Waals surface area contributed by atoms with Gasteiger partial charge in [-0.1, -0.05) is 86.3 Å². The number of rotatable bonds is 7. The van der Waals surface area contributed by atoms with Crippen molar-refractivity contribution in [2.24, 2.45) is 17.8 Å². The van der Waals surface area contributed by atoms with Crippen LogP contribution in [0.15, 0.2) is 61.2 Å². The minimum Gasteiger partial charge on any atom is -0.103 e. The molecule has 2 aliphatic carbocycles. The summed E-state index contributed by atoms with van der Waals surface area (Å²) in [5.74, 6) is 10.3. The second-order valence-corrected chi connectivity index (χ2v) is 10.8. The fourth-order valence-electron chi connectivity index (χ4n) is 6.04. The first-order valence-electron chi connectivity index (χ1n) is 13.5. The molecular formula is C33H42. The number of allylic oxidation sites excluding steroid dienone is 1. The fourth-order valence-corrected chi connectivity index (χ4v) is 6.04. The highest BCUT2D eigenvalue weighted by Crippen LogP contribution is 2.40. The maximum absolute atomic E-state index is 3.88. The van der Waals surface area contributed by atoms with Gasteiger partial charge in [-0.2, -0.15) is 0 Å². The minimum atomic E-state index is 0.751. The lowest BCUT2D eigenvalue weighted by Crippen LogP contribution is -2.17. The summed E-state index contributed by atoms with van der Waals surface area (Å²) in [6, 6.07) is 17.5. The van der Waals surface area contributed by atoms with Gasteiger partial charge in [-0.3, -0.25) is 0 Å². The molecular weight excluding hydrogens is 396 g/mol. The smallest absolute Gasteiger partial charge is 0.0249 e. The summed E-state index contributed by atoms with van der Waals surface area (Å²) >= 11 is 0. The van der Waals surface area contributed by atoms with E-state index < -0.39 is 0 Å². The van der Waals surface area contributed by atoms with E-state index in [1.807, 2.05) is 0 Å². The molecule has 0 unspecified atom stereocenters. The van der Waals surface area contributed by atoms with Crippen molar-refractivity contribution < 1.29 is 0 Å². The lowest BCUT2D eigenvalue weighted by atomic mass is 9.74. The van der Waals surface area contributed by atoms with Crippen LogP contribution in [0.1, 0.15) is 105 Å². The molecule has 0 heterocycles. The van der Waals surface area contributed by atoms with Crippen molar-refractivity contribution in [3.63, 3.8) is 0 Å². The molecule has 0 heteroatoms. The van der Waals surface area contributed by atoms with Gasteiger partial charge in [-0.25, -0.2) is 0 Å². The molecule has 0 aromatic heterocycles. The Kier molecular flexibility index (Phi) is 8.88. The Morgan fingerprint density at radius 1 is 0.667 bits per heavy atom. The van der Waals surface area contributed by atoms with Gasteiger partial charge in [0.1, 0.15) is 0 Å². The number of benzene rings is 2. The molecule has 0 bridgehead atoms. The Bertz CT molecular complexity index is 905. The van der Waals surface area contributed by atoms with E-state index in [1.54, 1.807) is 0 Å². The lowest BCUT2D eigenvalue weighted by molar-refractivity contribution is 0.225. The van der Waals surface area contributed by atoms with Crippen LogP contribution in [0.4, 0.5) is 0 Å². The highest BCUT2D eigenvalue weighted by atomic mass is 14.3. The first kappa shape index (κ1) is 23.9. The van der Waals surface area contributed by atoms with Crippen molar-refractivity contribution in [3.05, 3.63) is 83.4 Å². The average molecular weight is 439 g/mol. The number of hydrogen-bond acceptors (Lipinski definition) is 0. The molecule has 0 N–H and O–H groups in total. The average Bonchev–Trinajstić information content (AvgIpc) is 2.87. The molecule has 2 aromatic rings. The monoisotopic (exact) mass is 438 g/mol. The molecule has 4 rings (SSSR count). The highest BCUT2D eigenvalue weighted by Gasteiger charge is 2.25. The molecule has 0 saturated heterocycles. The standard InChI is InChI=1S/C33H42/c1-3-4-5-27-10-12-29(13-11-27)15-17-31-20-24-33(25-21-31)32-22-18-30(19-23-32)16-14-28-8-6-26(2)7-9-28/h3,6-9,18-19,22-23,27,29,31,33H,1,4-5,10-13,15,17,20-21,24-25H2,2H3/t27-,29-,31-,33-. The van der Waals surface area contributed by atoms with E-state index in [2.05, 4.69) is 80.0 Å². The van der Waals surface area contributed by atoms with Crippen molar-refractivity contribution in [1.82, 2.24) is 0 Å². The van der Waals surface area contributed by atoms with E-state index in [-0.39, 0.29) is 0 Å². The van der Waals surface area contributed by atoms with Crippen LogP contribution < -0.4 is 0 Å². The summed E-state index contributed by atoms with van der Waals surface area (Å²) in [6.45, 7) is 6.00. The molecule has 0 atom stereocenters. The molecule has 0 radical (unpaired) electrons. The zero-order valence-electron chi connectivity index (χ0n) is 20.7. The zero-order chi connectivity index (χ0) is 22.9. The summed E-state index contributed by atoms with van der Waals surface area (Å²) in [6.07, 6.45) is 19.1. The van der Waals surface area contributed by atoms with Crippen molar-refractivity contribution in [1.29, 1.82) is 0 Å². The van der Waals surface area contributed by atoms with Gasteiger partial charge in [-0.05, 0) is 98.9 Å². The van der Waals surface area contributed by atoms with Gasteiger partial charge in [0.05, 0.1) is 0 Å². The van der Waals surface area contributed by atoms with Gasteiger partial charge in [0.2, 0.25) is 0 Å². The first-order chi connectivity index (χ1) is 16.2. The van der Waals surface area contributed by atoms with E-state index in [1.165, 1.54) is 88.2 Å². The third kappa shape index (κ3) is 7.37. The Balaban J connectivity index is 1.18. The van der Waals surface area contributed by atoms with Crippen molar-refractivity contribution >= 4 is 0 Å². The fraction of sp³-hybridized carbons (Fsp3) is 0.515. The van der Waals surface area contributed by atoms with E-state index in [9.17, 15) is 0 Å². The molecule has 2 aromatic carbocycles. The second-order valence-electron chi connectivity index (χ2n) is 10.8. The van der Waals surface area contributed by atoms with Crippen LogP contribution in [-0.4, -0.2) is 0 Å². The summed E-state index contributed by atoms with van der Waals surface area (Å²) in [7, 11) is 0. The van der Waals surface area contributed by atoms with E-state index in [0.717, 1.165) is 34.8 Å². The van der Waals surface area contributed by atoms with Crippen LogP contribution in [-0.2, 0) is 0 Å². The molecule has 2 fully saturated rings. The van der Waals surface area contributed by atoms with Gasteiger partial charge in [0, 0.05) is 11.1 Å². The van der Waals surface area contributed by atoms with Crippen LogP contribution in [0.3, 0.4) is 0 Å². The van der Waals surface area contributed by atoms with Crippen LogP contribution >= 0.6 is 0 Å². The normalized spacial score (nSPS) is 25.1. The number of aryl methyl sites for hydroxylation is 1. The highest BCUT2D eigenvalue weighted by molar-refractivity contribution is 5.44. The van der Waals surface area contributed by atoms with Gasteiger partial charge in [0.25, 0.3) is 0 Å². The lowest BCUT2D eigenvalue weighted by Gasteiger charge is -2.32. The van der Waals surface area contributed by atoms with E-state index in [4.69, 9.17) is 0 Å². The maximum Gasteiger partial charge on any atom is 0.0249 e. The third-order valence-electron chi connectivity index (χ3n) is 8.36. The second kappa shape index (κ2) is 12.3. The number of hydrogen-bond donors (Lipinski definition) is 0. The van der Waals surface area contributed by atoms with E-state index >= 15 is 0 Å². The first-order valence-corrected chi connectivity index (χ1v) is 13.5. The van der Waals surface area contributed by atoms with Crippen LogP contribution in [0.2, 0.25) is 0 Å². The zero-order valence-corrected chi connectivity index (χ0v) is 20.7. The Morgan fingerprint density at radius 2 is 1.12 bits per heavy atom. The SMILES string of the molecule is C=CCC[C@H]1CC[C@H](CC[C@H]2CC[C@H](c3ccc(C#Cc4ccc(C)cc4)cc3)CC2)CC1. The molecule has 2 aliphatic rings. The molecule has 2 saturated carbocycles. The molecule has 174 valence electrons. The van der Waals surface area contributed by atoms with Crippen LogP contribution in [0.5, 0.6) is 0 Å². The summed E-state index contributed by atoms with van der Waals surface area (Å²) in [5, 5.41) is 0. The van der Waals surface area contributed by atoms with Crippen LogP contribution in [0.25, 0.3) is 0 Å². The Hall–Kier alpha value is -2.26. The third-order valence-corrected chi connectivity index (χ3v) is 8.36. The summed E-state index contributed by atoms with van der Waals surface area (Å²) in [4.78, 5) is 0. The molecule has 0 spiro atoms. The Labute approximate surface area is 202 Å². The largest absolute Gasteiger partial charge is 0.103 e. The van der Waals surface area contributed by atoms with Crippen molar-refractivity contribution in [3.8, 4) is 11.8 Å². The Morgan fingerprint density at radius 3 is 1.64 bits per heavy atom.